The molecule has 1 N–H and O–H groups in total. The maximum absolute atomic E-state index is 9.67. The third kappa shape index (κ3) is 24.9. The Morgan fingerprint density at radius 3 is 2.33 bits per heavy atom. The topological polar surface area (TPSA) is 54.4 Å². The maximum atomic E-state index is 9.67. The summed E-state index contributed by atoms with van der Waals surface area (Å²) in [5.41, 5.74) is 0. The number of terminal acetylenes is 1. The number of hydrogen-bond acceptors (Lipinski definition) is 2. The fraction of sp³-hybridized carbons (Fsp3) is 0.111. The Hall–Kier alpha value is -2.18. The molecule has 0 aliphatic carbocycles. The predicted octanol–water partition coefficient (Wildman–Crippen LogP) is 0.162. The van der Waals surface area contributed by atoms with Crippen LogP contribution in [-0.4, -0.2) is 17.4 Å². The lowest BCUT2D eigenvalue weighted by Gasteiger charge is -1.63. The van der Waals surface area contributed by atoms with Gasteiger partial charge in [0.25, 0.3) is 0 Å². The maximum Gasteiger partial charge on any atom is 0.382 e. The van der Waals surface area contributed by atoms with Crippen molar-refractivity contribution < 1.29 is 16.1 Å². The molecule has 0 saturated carbocycles. The van der Waals surface area contributed by atoms with Crippen LogP contribution in [0.1, 0.15) is 8.35 Å². The third-order valence-electron chi connectivity index (χ3n) is 0.367. The summed E-state index contributed by atoms with van der Waals surface area (Å²) in [7, 11) is 0. The number of carboxylic acids is 1. The van der Waals surface area contributed by atoms with Crippen molar-refractivity contribution in [1.29, 1.82) is 0 Å². The van der Waals surface area contributed by atoms with Gasteiger partial charge in [-0.25, -0.2) is 4.79 Å². The molecule has 0 bridgehead atoms. The molecule has 0 aromatic heterocycles. The van der Waals surface area contributed by atoms with Crippen molar-refractivity contribution in [3.05, 3.63) is 0 Å². The van der Waals surface area contributed by atoms with Crippen LogP contribution in [0.4, 0.5) is 0 Å². The van der Waals surface area contributed by atoms with Crippen LogP contribution < -0.4 is 0 Å². The number of aldehydes is 1. The van der Waals surface area contributed by atoms with Crippen molar-refractivity contribution >= 4 is 12.3 Å². The first-order valence-electron chi connectivity index (χ1n) is 2.78. The van der Waals surface area contributed by atoms with Gasteiger partial charge in [-0.3, -0.25) is 0 Å². The first-order chi connectivity index (χ1) is 5.68. The Morgan fingerprint density at radius 1 is 1.50 bits per heavy atom. The largest absolute Gasteiger partial charge is 0.472 e. The molecule has 0 aromatic carbocycles. The average Bonchev–Trinajstić information content (AvgIpc) is 1.99. The highest BCUT2D eigenvalue weighted by Gasteiger charge is 1.77. The molecule has 0 aliphatic heterocycles. The minimum absolute atomic E-state index is 0. The number of rotatable bonds is 0. The molecule has 0 heterocycles. The summed E-state index contributed by atoms with van der Waals surface area (Å²) in [6.07, 6.45) is 5.46. The lowest BCUT2D eigenvalue weighted by molar-refractivity contribution is -0.130. The molecule has 62 valence electrons. The number of hydrogen-bond donors (Lipinski definition) is 1. The summed E-state index contributed by atoms with van der Waals surface area (Å²) in [6, 6.07) is 0. The Labute approximate surface area is 72.3 Å². The average molecular weight is 164 g/mol. The molecule has 0 rings (SSSR count). The van der Waals surface area contributed by atoms with E-state index in [1.54, 1.807) is 5.92 Å². The van der Waals surface area contributed by atoms with E-state index in [2.05, 4.69) is 11.8 Å². The Morgan fingerprint density at radius 2 is 2.00 bits per heavy atom. The lowest BCUT2D eigenvalue weighted by atomic mass is 10.5. The Kier molecular flexibility index (Phi) is 12.1. The normalized spacial score (nSPS) is 4.67. The summed E-state index contributed by atoms with van der Waals surface area (Å²) < 4.78 is 0. The number of aliphatic carboxylic acids is 1. The Bertz CT molecular complexity index is 304. The zero-order valence-corrected chi connectivity index (χ0v) is 6.42. The molecule has 3 nitrogen and oxygen atoms in total. The predicted molar refractivity (Wildman–Crippen MR) is 45.9 cm³/mol. The standard InChI is InChI=1S/C7H2O2.C2H4O.H2/c1-2-3-4-5-6-7(8)9;1-2-3;/h1H,(H,8,9);2H,1H3;1H. The molecule has 0 radical (unpaired) electrons. The van der Waals surface area contributed by atoms with E-state index in [1.165, 1.54) is 6.92 Å². The molecule has 0 spiro atoms. The highest BCUT2D eigenvalue weighted by Crippen LogP contribution is 1.55. The quantitative estimate of drug-likeness (QED) is 0.410. The van der Waals surface area contributed by atoms with E-state index in [-0.39, 0.29) is 1.43 Å². The van der Waals surface area contributed by atoms with Crippen molar-refractivity contribution in [3.8, 4) is 36.0 Å². The van der Waals surface area contributed by atoms with Crippen LogP contribution in [0.2, 0.25) is 0 Å². The van der Waals surface area contributed by atoms with Crippen molar-refractivity contribution in [2.75, 3.05) is 0 Å². The zero-order valence-electron chi connectivity index (χ0n) is 6.42. The van der Waals surface area contributed by atoms with Crippen LogP contribution in [-0.2, 0) is 9.59 Å². The van der Waals surface area contributed by atoms with Gasteiger partial charge in [0.1, 0.15) is 6.29 Å². The first kappa shape index (κ1) is 12.5. The van der Waals surface area contributed by atoms with Crippen LogP contribution in [0.5, 0.6) is 0 Å². The minimum Gasteiger partial charge on any atom is -0.472 e. The summed E-state index contributed by atoms with van der Waals surface area (Å²) >= 11 is 0. The fourth-order valence-electron chi connectivity index (χ4n) is 0.152. The first-order valence-corrected chi connectivity index (χ1v) is 2.78. The SMILES string of the molecule is C#CC#CC#CC(=O)O.CC=O.[HH]. The Balaban J connectivity index is -0.000000220. The monoisotopic (exact) mass is 164 g/mol. The molecule has 0 atom stereocenters. The van der Waals surface area contributed by atoms with Crippen LogP contribution in [0.25, 0.3) is 0 Å². The molecule has 0 unspecified atom stereocenters. The van der Waals surface area contributed by atoms with Crippen LogP contribution in [0.15, 0.2) is 0 Å². The molecular formula is C9H8O3. The summed E-state index contributed by atoms with van der Waals surface area (Å²) in [5, 5.41) is 7.92. The van der Waals surface area contributed by atoms with Crippen molar-refractivity contribution in [2.24, 2.45) is 0 Å². The number of carbonyl (C=O) groups excluding carboxylic acids is 1. The van der Waals surface area contributed by atoms with Crippen LogP contribution in [0.3, 0.4) is 0 Å². The van der Waals surface area contributed by atoms with E-state index in [0.717, 1.165) is 6.29 Å². The molecule has 12 heavy (non-hydrogen) atoms. The molecular weight excluding hydrogens is 156 g/mol. The van der Waals surface area contributed by atoms with Gasteiger partial charge < -0.3 is 9.90 Å². The zero-order chi connectivity index (χ0) is 9.82. The van der Waals surface area contributed by atoms with E-state index in [4.69, 9.17) is 16.3 Å². The van der Waals surface area contributed by atoms with Crippen LogP contribution in [0, 0.1) is 36.0 Å². The molecule has 0 aromatic rings. The van der Waals surface area contributed by atoms with Gasteiger partial charge in [0.2, 0.25) is 0 Å². The summed E-state index contributed by atoms with van der Waals surface area (Å²) in [6.45, 7) is 1.44. The smallest absolute Gasteiger partial charge is 0.382 e. The second-order valence-corrected chi connectivity index (χ2v) is 1.19. The van der Waals surface area contributed by atoms with Gasteiger partial charge >= 0.3 is 5.97 Å². The summed E-state index contributed by atoms with van der Waals surface area (Å²) in [4.78, 5) is 18.5. The van der Waals surface area contributed by atoms with Gasteiger partial charge in [-0.15, -0.1) is 6.42 Å². The molecule has 0 saturated heterocycles. The molecule has 0 fully saturated rings. The highest BCUT2D eigenvalue weighted by atomic mass is 16.4. The second kappa shape index (κ2) is 11.6. The van der Waals surface area contributed by atoms with Crippen molar-refractivity contribution in [3.63, 3.8) is 0 Å². The molecule has 0 amide bonds. The molecule has 0 aliphatic rings. The van der Waals surface area contributed by atoms with Crippen molar-refractivity contribution in [2.45, 2.75) is 6.92 Å². The van der Waals surface area contributed by atoms with Gasteiger partial charge in [0.15, 0.2) is 0 Å². The van der Waals surface area contributed by atoms with Crippen LogP contribution >= 0.6 is 0 Å². The minimum atomic E-state index is -1.21. The lowest BCUT2D eigenvalue weighted by Crippen LogP contribution is -1.85. The van der Waals surface area contributed by atoms with E-state index in [1.807, 2.05) is 11.8 Å². The fourth-order valence-corrected chi connectivity index (χ4v) is 0.152. The van der Waals surface area contributed by atoms with E-state index in [0.29, 0.717) is 0 Å². The molecule has 3 heteroatoms. The third-order valence-corrected chi connectivity index (χ3v) is 0.367. The van der Waals surface area contributed by atoms with Gasteiger partial charge in [-0.1, -0.05) is 0 Å². The highest BCUT2D eigenvalue weighted by molar-refractivity contribution is 5.87. The van der Waals surface area contributed by atoms with Gasteiger partial charge in [-0.05, 0) is 30.6 Å². The van der Waals surface area contributed by atoms with Gasteiger partial charge in [-0.2, -0.15) is 0 Å². The second-order valence-electron chi connectivity index (χ2n) is 1.19. The van der Waals surface area contributed by atoms with E-state index < -0.39 is 5.97 Å². The van der Waals surface area contributed by atoms with Crippen molar-refractivity contribution in [1.82, 2.24) is 0 Å². The summed E-state index contributed by atoms with van der Waals surface area (Å²) in [5.74, 6) is 8.87. The van der Waals surface area contributed by atoms with E-state index in [9.17, 15) is 4.79 Å². The van der Waals surface area contributed by atoms with E-state index >= 15 is 0 Å². The number of carbonyl (C=O) groups is 2. The van der Waals surface area contributed by atoms with Gasteiger partial charge in [0.05, 0.1) is 0 Å². The number of carboxylic acid groups (broad SMARTS) is 1. The van der Waals surface area contributed by atoms with Gasteiger partial charge in [0, 0.05) is 7.35 Å².